The number of rotatable bonds is 5. The molecule has 1 amide bonds. The van der Waals surface area contributed by atoms with E-state index in [1.54, 1.807) is 6.92 Å². The zero-order valence-corrected chi connectivity index (χ0v) is 11.6. The number of aromatic nitrogens is 2. The van der Waals surface area contributed by atoms with Crippen LogP contribution in [0.3, 0.4) is 0 Å². The molecule has 0 aromatic carbocycles. The van der Waals surface area contributed by atoms with E-state index in [4.69, 9.17) is 0 Å². The van der Waals surface area contributed by atoms with E-state index in [1.165, 1.54) is 24.3 Å². The summed E-state index contributed by atoms with van der Waals surface area (Å²) in [6, 6.07) is -0.839. The molecular weight excluding hydrogens is 246 g/mol. The number of carbonyl (C=O) groups excluding carboxylic acids is 1. The van der Waals surface area contributed by atoms with Crippen LogP contribution in [0.25, 0.3) is 0 Å². The van der Waals surface area contributed by atoms with Crippen molar-refractivity contribution in [3.8, 4) is 0 Å². The second-order valence-electron chi connectivity index (χ2n) is 4.92. The summed E-state index contributed by atoms with van der Waals surface area (Å²) in [6.07, 6.45) is 3.23. The minimum Gasteiger partial charge on any atom is -0.480 e. The fraction of sp³-hybridized carbons (Fsp3) is 0.538. The predicted octanol–water partition coefficient (Wildman–Crippen LogP) is 1.36. The molecule has 0 fully saturated rings. The lowest BCUT2D eigenvalue weighted by atomic mass is 10.0. The normalized spacial score (nSPS) is 12.3. The molecule has 1 N–H and O–H groups in total. The first kappa shape index (κ1) is 15.1. The van der Waals surface area contributed by atoms with Crippen LogP contribution in [0.5, 0.6) is 0 Å². The molecule has 0 aliphatic rings. The molecule has 6 nitrogen and oxygen atoms in total. The largest absolute Gasteiger partial charge is 0.480 e. The van der Waals surface area contributed by atoms with Gasteiger partial charge in [0.25, 0.3) is 5.91 Å². The van der Waals surface area contributed by atoms with Crippen molar-refractivity contribution in [2.24, 2.45) is 5.92 Å². The number of likely N-dealkylation sites (N-methyl/N-ethyl adjacent to an activating group) is 1. The molecule has 1 heterocycles. The molecule has 0 spiro atoms. The Hall–Kier alpha value is -1.98. The predicted molar refractivity (Wildman–Crippen MR) is 69.7 cm³/mol. The molecule has 0 aliphatic heterocycles. The highest BCUT2D eigenvalue weighted by molar-refractivity contribution is 5.95. The number of carboxylic acid groups (broad SMARTS) is 1. The molecule has 0 radical (unpaired) electrons. The Bertz CT molecular complexity index is 457. The average Bonchev–Trinajstić information content (AvgIpc) is 2.34. The van der Waals surface area contributed by atoms with Gasteiger partial charge in [-0.3, -0.25) is 4.79 Å². The lowest BCUT2D eigenvalue weighted by Crippen LogP contribution is -2.43. The van der Waals surface area contributed by atoms with Gasteiger partial charge in [0, 0.05) is 19.4 Å². The van der Waals surface area contributed by atoms with E-state index in [-0.39, 0.29) is 11.8 Å². The summed E-state index contributed by atoms with van der Waals surface area (Å²) >= 11 is 0. The molecule has 1 atom stereocenters. The van der Waals surface area contributed by atoms with Crippen molar-refractivity contribution in [3.63, 3.8) is 0 Å². The van der Waals surface area contributed by atoms with E-state index >= 15 is 0 Å². The number of carboxylic acids is 1. The van der Waals surface area contributed by atoms with Crippen LogP contribution < -0.4 is 0 Å². The van der Waals surface area contributed by atoms with Gasteiger partial charge in [0.05, 0.1) is 5.56 Å². The van der Waals surface area contributed by atoms with Crippen molar-refractivity contribution >= 4 is 11.9 Å². The Balaban J connectivity index is 2.90. The van der Waals surface area contributed by atoms with Crippen molar-refractivity contribution in [3.05, 3.63) is 23.8 Å². The summed E-state index contributed by atoms with van der Waals surface area (Å²) in [4.78, 5) is 32.5. The Kier molecular flexibility index (Phi) is 4.97. The van der Waals surface area contributed by atoms with E-state index in [0.717, 1.165) is 0 Å². The average molecular weight is 265 g/mol. The Morgan fingerprint density at radius 2 is 1.84 bits per heavy atom. The van der Waals surface area contributed by atoms with Crippen molar-refractivity contribution in [2.45, 2.75) is 33.2 Å². The van der Waals surface area contributed by atoms with Gasteiger partial charge in [-0.15, -0.1) is 0 Å². The molecule has 1 aromatic heterocycles. The fourth-order valence-corrected chi connectivity index (χ4v) is 1.72. The Morgan fingerprint density at radius 3 is 2.26 bits per heavy atom. The zero-order valence-electron chi connectivity index (χ0n) is 11.6. The van der Waals surface area contributed by atoms with Gasteiger partial charge in [0.15, 0.2) is 0 Å². The summed E-state index contributed by atoms with van der Waals surface area (Å²) in [5.74, 6) is -0.632. The van der Waals surface area contributed by atoms with Crippen LogP contribution in [0, 0.1) is 12.8 Å². The third kappa shape index (κ3) is 4.01. The van der Waals surface area contributed by atoms with Crippen molar-refractivity contribution < 1.29 is 14.7 Å². The first-order valence-electron chi connectivity index (χ1n) is 6.11. The Labute approximate surface area is 112 Å². The van der Waals surface area contributed by atoms with E-state index < -0.39 is 12.0 Å². The van der Waals surface area contributed by atoms with E-state index in [1.807, 2.05) is 13.8 Å². The minimum atomic E-state index is -1.00. The minimum absolute atomic E-state index is 0.186. The first-order chi connectivity index (χ1) is 8.82. The van der Waals surface area contributed by atoms with Crippen LogP contribution in [0.2, 0.25) is 0 Å². The summed E-state index contributed by atoms with van der Waals surface area (Å²) in [5, 5.41) is 9.21. The number of aliphatic carboxylic acids is 1. The highest BCUT2D eigenvalue weighted by atomic mass is 16.4. The highest BCUT2D eigenvalue weighted by Gasteiger charge is 2.28. The van der Waals surface area contributed by atoms with Gasteiger partial charge in [-0.25, -0.2) is 14.8 Å². The smallest absolute Gasteiger partial charge is 0.326 e. The van der Waals surface area contributed by atoms with Gasteiger partial charge in [-0.1, -0.05) is 13.8 Å². The van der Waals surface area contributed by atoms with Gasteiger partial charge in [0.1, 0.15) is 11.9 Å². The summed E-state index contributed by atoms with van der Waals surface area (Å²) in [6.45, 7) is 5.56. The van der Waals surface area contributed by atoms with Gasteiger partial charge in [-0.05, 0) is 19.3 Å². The van der Waals surface area contributed by atoms with E-state index in [9.17, 15) is 14.7 Å². The molecule has 1 aromatic rings. The fourth-order valence-electron chi connectivity index (χ4n) is 1.72. The van der Waals surface area contributed by atoms with Crippen LogP contribution >= 0.6 is 0 Å². The molecular formula is C13H19N3O3. The summed E-state index contributed by atoms with van der Waals surface area (Å²) in [7, 11) is 1.49. The zero-order chi connectivity index (χ0) is 14.6. The van der Waals surface area contributed by atoms with Crippen LogP contribution in [0.15, 0.2) is 12.4 Å². The quantitative estimate of drug-likeness (QED) is 0.869. The standard InChI is InChI=1S/C13H19N3O3/c1-8(2)5-11(13(18)19)16(4)12(17)10-6-14-9(3)15-7-10/h6-8,11H,5H2,1-4H3,(H,18,19). The third-order valence-corrected chi connectivity index (χ3v) is 2.80. The Morgan fingerprint density at radius 1 is 1.32 bits per heavy atom. The SMILES string of the molecule is Cc1ncc(C(=O)N(C)C(CC(C)C)C(=O)O)cn1. The monoisotopic (exact) mass is 265 g/mol. The summed E-state index contributed by atoms with van der Waals surface area (Å²) in [5.41, 5.74) is 0.295. The van der Waals surface area contributed by atoms with Crippen molar-refractivity contribution in [1.82, 2.24) is 14.9 Å². The first-order valence-corrected chi connectivity index (χ1v) is 6.11. The molecule has 1 unspecified atom stereocenters. The second kappa shape index (κ2) is 6.26. The van der Waals surface area contributed by atoms with Crippen molar-refractivity contribution in [2.75, 3.05) is 7.05 Å². The number of carbonyl (C=O) groups is 2. The molecule has 19 heavy (non-hydrogen) atoms. The van der Waals surface area contributed by atoms with E-state index in [2.05, 4.69) is 9.97 Å². The van der Waals surface area contributed by atoms with Crippen LogP contribution in [-0.4, -0.2) is 44.9 Å². The van der Waals surface area contributed by atoms with Crippen LogP contribution in [0.4, 0.5) is 0 Å². The van der Waals surface area contributed by atoms with Crippen LogP contribution in [-0.2, 0) is 4.79 Å². The number of aryl methyl sites for hydroxylation is 1. The lowest BCUT2D eigenvalue weighted by molar-refractivity contribution is -0.142. The summed E-state index contributed by atoms with van der Waals surface area (Å²) < 4.78 is 0. The molecule has 0 saturated heterocycles. The van der Waals surface area contributed by atoms with Gasteiger partial charge < -0.3 is 10.0 Å². The molecule has 1 rings (SSSR count). The topological polar surface area (TPSA) is 83.4 Å². The maximum atomic E-state index is 12.2. The number of amides is 1. The highest BCUT2D eigenvalue weighted by Crippen LogP contribution is 2.13. The number of hydrogen-bond acceptors (Lipinski definition) is 4. The lowest BCUT2D eigenvalue weighted by Gasteiger charge is -2.26. The molecule has 0 aliphatic carbocycles. The molecule has 6 heteroatoms. The molecule has 0 saturated carbocycles. The van der Waals surface area contributed by atoms with Gasteiger partial charge >= 0.3 is 5.97 Å². The number of nitrogens with zero attached hydrogens (tertiary/aromatic N) is 3. The van der Waals surface area contributed by atoms with Crippen LogP contribution in [0.1, 0.15) is 36.5 Å². The molecule has 104 valence electrons. The maximum Gasteiger partial charge on any atom is 0.326 e. The van der Waals surface area contributed by atoms with E-state index in [0.29, 0.717) is 17.8 Å². The third-order valence-electron chi connectivity index (χ3n) is 2.80. The van der Waals surface area contributed by atoms with Gasteiger partial charge in [0.2, 0.25) is 0 Å². The maximum absolute atomic E-state index is 12.2. The van der Waals surface area contributed by atoms with Crippen molar-refractivity contribution in [1.29, 1.82) is 0 Å². The number of hydrogen-bond donors (Lipinski definition) is 1. The van der Waals surface area contributed by atoms with Gasteiger partial charge in [-0.2, -0.15) is 0 Å². The second-order valence-corrected chi connectivity index (χ2v) is 4.92. The molecule has 0 bridgehead atoms.